The number of nitrogens with one attached hydrogen (secondary N) is 1. The normalized spacial score (nSPS) is 11.0. The van der Waals surface area contributed by atoms with Crippen molar-refractivity contribution in [1.29, 1.82) is 0 Å². The van der Waals surface area contributed by atoms with Gasteiger partial charge in [-0.15, -0.1) is 21.5 Å². The zero-order valence-corrected chi connectivity index (χ0v) is 21.1. The number of methoxy groups -OCH3 is 1. The van der Waals surface area contributed by atoms with Gasteiger partial charge >= 0.3 is 5.97 Å². The number of nitrogens with zero attached hydrogens (tertiary/aromatic N) is 4. The van der Waals surface area contributed by atoms with Gasteiger partial charge in [0.1, 0.15) is 22.2 Å². The maximum absolute atomic E-state index is 13.3. The highest BCUT2D eigenvalue weighted by Gasteiger charge is 2.23. The fraction of sp³-hybridized carbons (Fsp3) is 0.250. The van der Waals surface area contributed by atoms with Gasteiger partial charge in [-0.1, -0.05) is 23.9 Å². The molecular formula is C24H24FN5O3S2. The summed E-state index contributed by atoms with van der Waals surface area (Å²) < 4.78 is 22.3. The molecule has 0 saturated carbocycles. The summed E-state index contributed by atoms with van der Waals surface area (Å²) in [6, 6.07) is 9.81. The molecule has 3 heterocycles. The minimum Gasteiger partial charge on any atom is -0.465 e. The van der Waals surface area contributed by atoms with Crippen molar-refractivity contribution < 1.29 is 18.7 Å². The van der Waals surface area contributed by atoms with Crippen LogP contribution in [0.3, 0.4) is 0 Å². The van der Waals surface area contributed by atoms with Crippen LogP contribution in [0.4, 0.5) is 9.39 Å². The van der Waals surface area contributed by atoms with Crippen molar-refractivity contribution in [3.63, 3.8) is 0 Å². The van der Waals surface area contributed by atoms with Gasteiger partial charge < -0.3 is 19.2 Å². The second-order valence-corrected chi connectivity index (χ2v) is 9.44. The Hall–Kier alpha value is -3.44. The number of benzene rings is 1. The van der Waals surface area contributed by atoms with Crippen molar-refractivity contribution in [1.82, 2.24) is 19.3 Å². The van der Waals surface area contributed by atoms with Crippen molar-refractivity contribution in [2.24, 2.45) is 7.05 Å². The third kappa shape index (κ3) is 5.46. The summed E-state index contributed by atoms with van der Waals surface area (Å²) in [5.74, 6) is -0.327. The Bertz CT molecular complexity index is 1340. The van der Waals surface area contributed by atoms with Gasteiger partial charge in [-0.05, 0) is 36.8 Å². The lowest BCUT2D eigenvalue weighted by Crippen LogP contribution is -2.16. The van der Waals surface area contributed by atoms with Crippen LogP contribution in [-0.4, -0.2) is 44.1 Å². The number of carbonyl (C=O) groups is 2. The first-order valence-electron chi connectivity index (χ1n) is 10.8. The van der Waals surface area contributed by atoms with E-state index in [1.165, 1.54) is 42.3 Å². The largest absolute Gasteiger partial charge is 0.465 e. The van der Waals surface area contributed by atoms with Crippen molar-refractivity contribution in [3.05, 3.63) is 70.9 Å². The molecule has 1 aromatic carbocycles. The summed E-state index contributed by atoms with van der Waals surface area (Å²) in [5.41, 5.74) is 2.58. The molecular weight excluding hydrogens is 489 g/mol. The van der Waals surface area contributed by atoms with E-state index in [2.05, 4.69) is 15.5 Å². The first kappa shape index (κ1) is 24.7. The molecule has 0 fully saturated rings. The van der Waals surface area contributed by atoms with Gasteiger partial charge in [-0.3, -0.25) is 4.79 Å². The summed E-state index contributed by atoms with van der Waals surface area (Å²) in [7, 11) is 3.26. The molecule has 0 aliphatic rings. The molecule has 0 atom stereocenters. The predicted octanol–water partition coefficient (Wildman–Crippen LogP) is 4.61. The lowest BCUT2D eigenvalue weighted by atomic mass is 10.0. The van der Waals surface area contributed by atoms with Crippen molar-refractivity contribution in [2.75, 3.05) is 18.2 Å². The van der Waals surface area contributed by atoms with E-state index in [0.717, 1.165) is 11.5 Å². The summed E-state index contributed by atoms with van der Waals surface area (Å²) in [6.07, 6.45) is 2.62. The average molecular weight is 514 g/mol. The summed E-state index contributed by atoms with van der Waals surface area (Å²) in [5, 5.41) is 14.2. The molecule has 4 rings (SSSR count). The third-order valence-electron chi connectivity index (χ3n) is 5.42. The first-order chi connectivity index (χ1) is 16.9. The fourth-order valence-corrected chi connectivity index (χ4v) is 5.40. The number of hydrogen-bond donors (Lipinski definition) is 1. The first-order valence-corrected chi connectivity index (χ1v) is 12.7. The van der Waals surface area contributed by atoms with E-state index in [4.69, 9.17) is 4.74 Å². The number of halogens is 1. The smallest absolute Gasteiger partial charge is 0.341 e. The summed E-state index contributed by atoms with van der Waals surface area (Å²) in [6.45, 7) is 2.68. The molecule has 1 N–H and O–H groups in total. The Balaban J connectivity index is 1.47. The van der Waals surface area contributed by atoms with Gasteiger partial charge in [0.2, 0.25) is 5.91 Å². The molecule has 182 valence electrons. The molecule has 0 spiro atoms. The van der Waals surface area contributed by atoms with Crippen LogP contribution in [-0.2, 0) is 29.5 Å². The highest BCUT2D eigenvalue weighted by molar-refractivity contribution is 7.99. The van der Waals surface area contributed by atoms with Crippen LogP contribution in [0.1, 0.15) is 28.8 Å². The van der Waals surface area contributed by atoms with E-state index in [1.54, 1.807) is 17.5 Å². The van der Waals surface area contributed by atoms with Gasteiger partial charge in [0.15, 0.2) is 5.16 Å². The maximum Gasteiger partial charge on any atom is 0.341 e. The lowest BCUT2D eigenvalue weighted by molar-refractivity contribution is -0.113. The molecule has 0 unspecified atom stereocenters. The molecule has 3 aromatic heterocycles. The van der Waals surface area contributed by atoms with E-state index in [1.807, 2.05) is 41.4 Å². The number of aromatic nitrogens is 4. The van der Waals surface area contributed by atoms with Crippen molar-refractivity contribution in [2.45, 2.75) is 25.0 Å². The van der Waals surface area contributed by atoms with E-state index in [-0.39, 0.29) is 23.0 Å². The van der Waals surface area contributed by atoms with Crippen molar-refractivity contribution >= 4 is 40.0 Å². The van der Waals surface area contributed by atoms with Crippen LogP contribution < -0.4 is 5.32 Å². The second-order valence-electron chi connectivity index (χ2n) is 7.62. The van der Waals surface area contributed by atoms with Crippen LogP contribution in [0.5, 0.6) is 0 Å². The van der Waals surface area contributed by atoms with Crippen LogP contribution in [0.25, 0.3) is 11.1 Å². The number of hydrogen-bond acceptors (Lipinski definition) is 7. The van der Waals surface area contributed by atoms with Crippen LogP contribution in [0.2, 0.25) is 0 Å². The number of thioether (sulfide) groups is 1. The number of rotatable bonds is 9. The molecule has 35 heavy (non-hydrogen) atoms. The zero-order chi connectivity index (χ0) is 24.9. The standard InChI is InChI=1S/C24H24FN5O3S2/c1-4-30-19(12-17-6-5-11-29(17)2)27-28-24(30)35-14-20(31)26-22-21(23(32)33-3)18(13-34-22)15-7-9-16(25)10-8-15/h5-11,13H,4,12,14H2,1-3H3,(H,26,31). The Morgan fingerprint density at radius 1 is 1.20 bits per heavy atom. The molecule has 11 heteroatoms. The Labute approximate surface area is 210 Å². The SMILES string of the molecule is CCn1c(Cc2cccn2C)nnc1SCC(=O)Nc1scc(-c2ccc(F)cc2)c1C(=O)OC. The molecule has 4 aromatic rings. The molecule has 1 amide bonds. The van der Waals surface area contributed by atoms with Gasteiger partial charge in [0, 0.05) is 42.8 Å². The summed E-state index contributed by atoms with van der Waals surface area (Å²) in [4.78, 5) is 25.2. The number of anilines is 1. The summed E-state index contributed by atoms with van der Waals surface area (Å²) >= 11 is 2.49. The van der Waals surface area contributed by atoms with E-state index >= 15 is 0 Å². The number of esters is 1. The third-order valence-corrected chi connectivity index (χ3v) is 7.28. The number of carbonyl (C=O) groups excluding carboxylic acids is 2. The highest BCUT2D eigenvalue weighted by atomic mass is 32.2. The zero-order valence-electron chi connectivity index (χ0n) is 19.4. The maximum atomic E-state index is 13.3. The second kappa shape index (κ2) is 10.9. The Kier molecular flexibility index (Phi) is 7.67. The molecule has 8 nitrogen and oxygen atoms in total. The fourth-order valence-electron chi connectivity index (χ4n) is 3.61. The van der Waals surface area contributed by atoms with Gasteiger partial charge in [-0.2, -0.15) is 0 Å². The topological polar surface area (TPSA) is 91.0 Å². The van der Waals surface area contributed by atoms with Crippen LogP contribution >= 0.6 is 23.1 Å². The van der Waals surface area contributed by atoms with E-state index < -0.39 is 5.97 Å². The number of amides is 1. The van der Waals surface area contributed by atoms with E-state index in [9.17, 15) is 14.0 Å². The van der Waals surface area contributed by atoms with E-state index in [0.29, 0.717) is 34.2 Å². The highest BCUT2D eigenvalue weighted by Crippen LogP contribution is 2.36. The molecule has 0 bridgehead atoms. The van der Waals surface area contributed by atoms with Crippen molar-refractivity contribution in [3.8, 4) is 11.1 Å². The minimum atomic E-state index is -0.579. The quantitative estimate of drug-likeness (QED) is 0.260. The van der Waals surface area contributed by atoms with Gasteiger partial charge in [0.05, 0.1) is 12.9 Å². The minimum absolute atomic E-state index is 0.0900. The van der Waals surface area contributed by atoms with Gasteiger partial charge in [-0.25, -0.2) is 9.18 Å². The Morgan fingerprint density at radius 3 is 2.63 bits per heavy atom. The van der Waals surface area contributed by atoms with Crippen LogP contribution in [0, 0.1) is 5.82 Å². The molecule has 0 saturated heterocycles. The number of ether oxygens (including phenoxy) is 1. The number of thiophene rings is 1. The van der Waals surface area contributed by atoms with Gasteiger partial charge in [0.25, 0.3) is 0 Å². The predicted molar refractivity (Wildman–Crippen MR) is 134 cm³/mol. The lowest BCUT2D eigenvalue weighted by Gasteiger charge is -2.09. The molecule has 0 aliphatic heterocycles. The average Bonchev–Trinajstić information content (AvgIpc) is 3.57. The monoisotopic (exact) mass is 513 g/mol. The number of aryl methyl sites for hydroxylation is 1. The molecule has 0 aliphatic carbocycles. The molecule has 0 radical (unpaired) electrons. The Morgan fingerprint density at radius 2 is 1.97 bits per heavy atom. The van der Waals surface area contributed by atoms with Crippen LogP contribution in [0.15, 0.2) is 53.1 Å².